The third-order valence-electron chi connectivity index (χ3n) is 3.30. The molecule has 0 radical (unpaired) electrons. The molecule has 0 unspecified atom stereocenters. The van der Waals surface area contributed by atoms with Crippen LogP contribution in [0.1, 0.15) is 25.7 Å². The zero-order valence-corrected chi connectivity index (χ0v) is 11.6. The third-order valence-corrected chi connectivity index (χ3v) is 4.30. The Balaban J connectivity index is 1.67. The molecule has 0 atom stereocenters. The third kappa shape index (κ3) is 2.63. The maximum Gasteiger partial charge on any atom is 0.251 e. The lowest BCUT2D eigenvalue weighted by Crippen LogP contribution is -2.22. The molecule has 1 aromatic carbocycles. The molecule has 2 aromatic rings. The van der Waals surface area contributed by atoms with Crippen LogP contribution in [0.3, 0.4) is 0 Å². The summed E-state index contributed by atoms with van der Waals surface area (Å²) in [4.78, 5) is 14.5. The first-order chi connectivity index (χ1) is 9.22. The Morgan fingerprint density at radius 2 is 2.26 bits per heavy atom. The first kappa shape index (κ1) is 12.2. The lowest BCUT2D eigenvalue weighted by Gasteiger charge is -2.06. The van der Waals surface area contributed by atoms with E-state index in [1.165, 1.54) is 15.3 Å². The van der Waals surface area contributed by atoms with Crippen molar-refractivity contribution in [2.75, 3.05) is 11.9 Å². The van der Waals surface area contributed by atoms with Crippen LogP contribution in [-0.4, -0.2) is 12.5 Å². The van der Waals surface area contributed by atoms with Gasteiger partial charge in [0.05, 0.1) is 6.54 Å². The van der Waals surface area contributed by atoms with Gasteiger partial charge in [0, 0.05) is 27.5 Å². The van der Waals surface area contributed by atoms with Crippen LogP contribution in [0.25, 0.3) is 0 Å². The zero-order valence-electron chi connectivity index (χ0n) is 10.8. The van der Waals surface area contributed by atoms with E-state index in [2.05, 4.69) is 29.7 Å². The summed E-state index contributed by atoms with van der Waals surface area (Å²) in [5.41, 5.74) is 3.12. The predicted octanol–water partition coefficient (Wildman–Crippen LogP) is 2.95. The van der Waals surface area contributed by atoms with E-state index in [0.29, 0.717) is 6.54 Å². The Kier molecular flexibility index (Phi) is 3.25. The summed E-state index contributed by atoms with van der Waals surface area (Å²) in [7, 11) is 0. The van der Waals surface area contributed by atoms with Crippen molar-refractivity contribution in [1.82, 2.24) is 5.32 Å². The molecule has 0 fully saturated rings. The van der Waals surface area contributed by atoms with E-state index in [-0.39, 0.29) is 5.91 Å². The van der Waals surface area contributed by atoms with E-state index < -0.39 is 0 Å². The fourth-order valence-electron chi connectivity index (χ4n) is 2.28. The van der Waals surface area contributed by atoms with Crippen molar-refractivity contribution < 1.29 is 4.79 Å². The minimum Gasteiger partial charge on any atom is -0.384 e. The van der Waals surface area contributed by atoms with Gasteiger partial charge in [-0.15, -0.1) is 11.3 Å². The van der Waals surface area contributed by atoms with Crippen LogP contribution >= 0.6 is 11.3 Å². The molecule has 2 N–H and O–H groups in total. The van der Waals surface area contributed by atoms with Crippen LogP contribution in [0.15, 0.2) is 30.3 Å². The molecule has 1 aliphatic rings. The summed E-state index contributed by atoms with van der Waals surface area (Å²) in [6.45, 7) is 3.64. The second-order valence-electron chi connectivity index (χ2n) is 4.74. The molecular formula is C15H16N2OS. The van der Waals surface area contributed by atoms with Crippen LogP contribution in [0, 0.1) is 6.92 Å². The van der Waals surface area contributed by atoms with Crippen LogP contribution in [0.5, 0.6) is 0 Å². The average Bonchev–Trinajstić information content (AvgIpc) is 3.03. The Morgan fingerprint density at radius 3 is 3.05 bits per heavy atom. The molecule has 1 aromatic heterocycles. The average molecular weight is 272 g/mol. The SMILES string of the molecule is Cc1ccc(CNC(=O)c2ccc3c(c2)NCC3)s1. The Morgan fingerprint density at radius 1 is 1.37 bits per heavy atom. The summed E-state index contributed by atoms with van der Waals surface area (Å²) in [5, 5.41) is 6.26. The number of carbonyl (C=O) groups is 1. The highest BCUT2D eigenvalue weighted by molar-refractivity contribution is 7.11. The van der Waals surface area contributed by atoms with Crippen LogP contribution < -0.4 is 10.6 Å². The van der Waals surface area contributed by atoms with Gasteiger partial charge < -0.3 is 10.6 Å². The number of hydrogen-bond donors (Lipinski definition) is 2. The van der Waals surface area contributed by atoms with Gasteiger partial charge in [-0.25, -0.2) is 0 Å². The van der Waals surface area contributed by atoms with Gasteiger partial charge >= 0.3 is 0 Å². The van der Waals surface area contributed by atoms with Crippen molar-refractivity contribution in [3.8, 4) is 0 Å². The van der Waals surface area contributed by atoms with Crippen molar-refractivity contribution in [1.29, 1.82) is 0 Å². The molecular weight excluding hydrogens is 256 g/mol. The molecule has 0 spiro atoms. The summed E-state index contributed by atoms with van der Waals surface area (Å²) < 4.78 is 0. The molecule has 19 heavy (non-hydrogen) atoms. The molecule has 1 aliphatic heterocycles. The molecule has 3 rings (SSSR count). The Hall–Kier alpha value is -1.81. The van der Waals surface area contributed by atoms with E-state index in [4.69, 9.17) is 0 Å². The van der Waals surface area contributed by atoms with Crippen molar-refractivity contribution in [2.24, 2.45) is 0 Å². The molecule has 1 amide bonds. The van der Waals surface area contributed by atoms with E-state index in [1.54, 1.807) is 11.3 Å². The number of anilines is 1. The van der Waals surface area contributed by atoms with Crippen LogP contribution in [-0.2, 0) is 13.0 Å². The normalized spacial score (nSPS) is 12.9. The fraction of sp³-hybridized carbons (Fsp3) is 0.267. The molecule has 3 nitrogen and oxygen atoms in total. The fourth-order valence-corrected chi connectivity index (χ4v) is 3.11. The van der Waals surface area contributed by atoms with Gasteiger partial charge in [0.15, 0.2) is 0 Å². The van der Waals surface area contributed by atoms with Gasteiger partial charge in [0.1, 0.15) is 0 Å². The van der Waals surface area contributed by atoms with Gasteiger partial charge in [0.2, 0.25) is 0 Å². The van der Waals surface area contributed by atoms with Crippen LogP contribution in [0.2, 0.25) is 0 Å². The predicted molar refractivity (Wildman–Crippen MR) is 78.9 cm³/mol. The van der Waals surface area contributed by atoms with Gasteiger partial charge in [-0.3, -0.25) is 4.79 Å². The molecule has 0 saturated heterocycles. The number of benzene rings is 1. The highest BCUT2D eigenvalue weighted by atomic mass is 32.1. The van der Waals surface area contributed by atoms with Gasteiger partial charge in [-0.1, -0.05) is 6.07 Å². The lowest BCUT2D eigenvalue weighted by atomic mass is 10.1. The first-order valence-corrected chi connectivity index (χ1v) is 7.24. The monoisotopic (exact) mass is 272 g/mol. The molecule has 2 heterocycles. The number of rotatable bonds is 3. The largest absolute Gasteiger partial charge is 0.384 e. The van der Waals surface area contributed by atoms with E-state index in [9.17, 15) is 4.79 Å². The highest BCUT2D eigenvalue weighted by Gasteiger charge is 2.13. The highest BCUT2D eigenvalue weighted by Crippen LogP contribution is 2.23. The molecule has 98 valence electrons. The number of thiophene rings is 1. The van der Waals surface area contributed by atoms with E-state index >= 15 is 0 Å². The number of fused-ring (bicyclic) bond motifs is 1. The topological polar surface area (TPSA) is 41.1 Å². The van der Waals surface area contributed by atoms with E-state index in [0.717, 1.165) is 24.2 Å². The number of amides is 1. The Labute approximate surface area is 116 Å². The number of hydrogen-bond acceptors (Lipinski definition) is 3. The zero-order chi connectivity index (χ0) is 13.2. The van der Waals surface area contributed by atoms with Crippen molar-refractivity contribution in [2.45, 2.75) is 19.9 Å². The maximum atomic E-state index is 12.1. The van der Waals surface area contributed by atoms with Gasteiger partial charge in [0.25, 0.3) is 5.91 Å². The smallest absolute Gasteiger partial charge is 0.251 e. The Bertz CT molecular complexity index is 618. The molecule has 4 heteroatoms. The van der Waals surface area contributed by atoms with Gasteiger partial charge in [-0.05, 0) is 43.2 Å². The first-order valence-electron chi connectivity index (χ1n) is 6.43. The standard InChI is InChI=1S/C15H16N2OS/c1-10-2-5-13(19-10)9-17-15(18)12-4-3-11-6-7-16-14(11)8-12/h2-5,8,16H,6-7,9H2,1H3,(H,17,18). The van der Waals surface area contributed by atoms with Gasteiger partial charge in [-0.2, -0.15) is 0 Å². The minimum atomic E-state index is -0.0115. The quantitative estimate of drug-likeness (QED) is 0.902. The molecule has 0 bridgehead atoms. The number of nitrogens with one attached hydrogen (secondary N) is 2. The second kappa shape index (κ2) is 5.05. The summed E-state index contributed by atoms with van der Waals surface area (Å²) in [6, 6.07) is 10.0. The summed E-state index contributed by atoms with van der Waals surface area (Å²) in [5.74, 6) is -0.0115. The summed E-state index contributed by atoms with van der Waals surface area (Å²) in [6.07, 6.45) is 1.05. The minimum absolute atomic E-state index is 0.0115. The number of aryl methyl sites for hydroxylation is 1. The van der Waals surface area contributed by atoms with E-state index in [1.807, 2.05) is 18.2 Å². The lowest BCUT2D eigenvalue weighted by molar-refractivity contribution is 0.0951. The van der Waals surface area contributed by atoms with Crippen molar-refractivity contribution in [3.63, 3.8) is 0 Å². The van der Waals surface area contributed by atoms with Crippen molar-refractivity contribution in [3.05, 3.63) is 51.2 Å². The number of carbonyl (C=O) groups excluding carboxylic acids is 1. The second-order valence-corrected chi connectivity index (χ2v) is 6.12. The van der Waals surface area contributed by atoms with Crippen LogP contribution in [0.4, 0.5) is 5.69 Å². The molecule has 0 saturated carbocycles. The van der Waals surface area contributed by atoms with Crippen molar-refractivity contribution >= 4 is 22.9 Å². The molecule has 0 aliphatic carbocycles. The summed E-state index contributed by atoms with van der Waals surface area (Å²) >= 11 is 1.72. The maximum absolute atomic E-state index is 12.1.